The highest BCUT2D eigenvalue weighted by molar-refractivity contribution is 5.84. The lowest BCUT2D eigenvalue weighted by Crippen LogP contribution is -2.46. The normalized spacial score (nSPS) is 20.4. The molecule has 9 heteroatoms. The lowest BCUT2D eigenvalue weighted by atomic mass is 9.86. The van der Waals surface area contributed by atoms with Crippen molar-refractivity contribution in [2.45, 2.75) is 50.7 Å². The molecule has 182 valence electrons. The van der Waals surface area contributed by atoms with E-state index in [1.807, 2.05) is 11.8 Å². The van der Waals surface area contributed by atoms with Crippen LogP contribution in [-0.4, -0.2) is 44.4 Å². The number of rotatable bonds is 3. The Kier molecular flexibility index (Phi) is 5.73. The van der Waals surface area contributed by atoms with Crippen molar-refractivity contribution in [3.63, 3.8) is 0 Å². The highest BCUT2D eigenvalue weighted by Crippen LogP contribution is 2.39. The van der Waals surface area contributed by atoms with Gasteiger partial charge in [-0.2, -0.15) is 13.2 Å². The molecule has 6 nitrogen and oxygen atoms in total. The van der Waals surface area contributed by atoms with Crippen molar-refractivity contribution in [3.05, 3.63) is 71.2 Å². The number of halogens is 3. The number of pyridine rings is 1. The summed E-state index contributed by atoms with van der Waals surface area (Å²) in [6, 6.07) is 8.74. The third kappa shape index (κ3) is 4.47. The SMILES string of the molecule is Cc1nc2c(cc1-c1ncccn1)CC[C@@]1(CCN(C(=O)C(C)c3ccc(C(F)(F)F)cc3)C1)N2. The van der Waals surface area contributed by atoms with Crippen molar-refractivity contribution in [2.24, 2.45) is 0 Å². The van der Waals surface area contributed by atoms with E-state index in [0.717, 1.165) is 54.0 Å². The van der Waals surface area contributed by atoms with Crippen LogP contribution in [0, 0.1) is 6.92 Å². The summed E-state index contributed by atoms with van der Waals surface area (Å²) < 4.78 is 38.6. The van der Waals surface area contributed by atoms with E-state index in [-0.39, 0.29) is 11.4 Å². The number of aryl methyl sites for hydroxylation is 2. The number of benzene rings is 1. The maximum Gasteiger partial charge on any atom is 0.416 e. The van der Waals surface area contributed by atoms with Gasteiger partial charge in [0.2, 0.25) is 5.91 Å². The summed E-state index contributed by atoms with van der Waals surface area (Å²) in [5, 5.41) is 3.61. The molecule has 1 unspecified atom stereocenters. The number of hydrogen-bond donors (Lipinski definition) is 1. The monoisotopic (exact) mass is 481 g/mol. The molecule has 0 saturated carbocycles. The number of carbonyl (C=O) groups is 1. The minimum atomic E-state index is -4.39. The molecule has 1 aromatic carbocycles. The lowest BCUT2D eigenvalue weighted by Gasteiger charge is -2.36. The molecule has 1 N–H and O–H groups in total. The summed E-state index contributed by atoms with van der Waals surface area (Å²) >= 11 is 0. The molecular formula is C26H26F3N5O. The Morgan fingerprint density at radius 3 is 2.54 bits per heavy atom. The van der Waals surface area contributed by atoms with Gasteiger partial charge in [0.1, 0.15) is 5.82 Å². The van der Waals surface area contributed by atoms with E-state index in [1.54, 1.807) is 25.4 Å². The first kappa shape index (κ1) is 23.3. The van der Waals surface area contributed by atoms with Gasteiger partial charge in [0.25, 0.3) is 0 Å². The average molecular weight is 482 g/mol. The zero-order valence-corrected chi connectivity index (χ0v) is 19.6. The van der Waals surface area contributed by atoms with Gasteiger partial charge in [-0.25, -0.2) is 15.0 Å². The smallest absolute Gasteiger partial charge is 0.363 e. The fraction of sp³-hybridized carbons (Fsp3) is 0.385. The first-order chi connectivity index (χ1) is 16.7. The number of hydrogen-bond acceptors (Lipinski definition) is 5. The van der Waals surface area contributed by atoms with Crippen molar-refractivity contribution in [1.82, 2.24) is 19.9 Å². The largest absolute Gasteiger partial charge is 0.416 e. The number of amides is 1. The molecule has 2 aliphatic rings. The van der Waals surface area contributed by atoms with Crippen LogP contribution < -0.4 is 5.32 Å². The van der Waals surface area contributed by atoms with Gasteiger partial charge in [-0.15, -0.1) is 0 Å². The van der Waals surface area contributed by atoms with Crippen LogP contribution in [-0.2, 0) is 17.4 Å². The molecule has 3 aromatic rings. The van der Waals surface area contributed by atoms with E-state index in [1.165, 1.54) is 12.1 Å². The van der Waals surface area contributed by atoms with Gasteiger partial charge in [0, 0.05) is 31.0 Å². The number of nitrogens with zero attached hydrogens (tertiary/aromatic N) is 4. The van der Waals surface area contributed by atoms with Crippen LogP contribution in [0.4, 0.5) is 19.0 Å². The standard InChI is InChI=1S/C26H26F3N5O/c1-16(18-4-6-20(7-5-18)26(27,28)29)24(35)34-13-10-25(15-34)9-8-19-14-21(17(2)32-22(19)33-25)23-30-11-3-12-31-23/h3-7,11-12,14,16H,8-10,13,15H2,1-2H3,(H,32,33)/t16?,25-/m0/s1. The molecule has 2 aromatic heterocycles. The molecule has 35 heavy (non-hydrogen) atoms. The number of aromatic nitrogens is 3. The summed E-state index contributed by atoms with van der Waals surface area (Å²) in [5.41, 5.74) is 2.46. The number of likely N-dealkylation sites (tertiary alicyclic amines) is 1. The zero-order valence-electron chi connectivity index (χ0n) is 19.6. The second-order valence-corrected chi connectivity index (χ2v) is 9.46. The molecule has 1 fully saturated rings. The molecule has 1 amide bonds. The Morgan fingerprint density at radius 2 is 1.86 bits per heavy atom. The summed E-state index contributed by atoms with van der Waals surface area (Å²) in [4.78, 5) is 28.5. The Labute approximate surface area is 201 Å². The highest BCUT2D eigenvalue weighted by atomic mass is 19.4. The van der Waals surface area contributed by atoms with Gasteiger partial charge in [0.05, 0.1) is 22.7 Å². The number of fused-ring (bicyclic) bond motifs is 1. The van der Waals surface area contributed by atoms with E-state index in [0.29, 0.717) is 24.5 Å². The minimum absolute atomic E-state index is 0.0741. The van der Waals surface area contributed by atoms with Gasteiger partial charge >= 0.3 is 6.18 Å². The molecule has 1 saturated heterocycles. The third-order valence-corrected chi connectivity index (χ3v) is 7.13. The molecule has 0 bridgehead atoms. The molecule has 0 aliphatic carbocycles. The van der Waals surface area contributed by atoms with Gasteiger partial charge in [-0.05, 0) is 68.5 Å². The number of nitrogens with one attached hydrogen (secondary N) is 1. The van der Waals surface area contributed by atoms with E-state index in [9.17, 15) is 18.0 Å². The highest BCUT2D eigenvalue weighted by Gasteiger charge is 2.43. The Balaban J connectivity index is 1.29. The van der Waals surface area contributed by atoms with Crippen molar-refractivity contribution < 1.29 is 18.0 Å². The number of alkyl halides is 3. The summed E-state index contributed by atoms with van der Waals surface area (Å²) in [7, 11) is 0. The molecular weight excluding hydrogens is 455 g/mol. The Bertz CT molecular complexity index is 1250. The van der Waals surface area contributed by atoms with E-state index in [4.69, 9.17) is 4.98 Å². The van der Waals surface area contributed by atoms with Crippen LogP contribution in [0.3, 0.4) is 0 Å². The fourth-order valence-corrected chi connectivity index (χ4v) is 5.04. The van der Waals surface area contributed by atoms with E-state index < -0.39 is 17.7 Å². The molecule has 2 atom stereocenters. The van der Waals surface area contributed by atoms with E-state index >= 15 is 0 Å². The maximum absolute atomic E-state index is 13.2. The van der Waals surface area contributed by atoms with Crippen LogP contribution in [0.2, 0.25) is 0 Å². The van der Waals surface area contributed by atoms with Crippen molar-refractivity contribution in [3.8, 4) is 11.4 Å². The third-order valence-electron chi connectivity index (χ3n) is 7.13. The summed E-state index contributed by atoms with van der Waals surface area (Å²) in [6.45, 7) is 4.82. The lowest BCUT2D eigenvalue weighted by molar-refractivity contribution is -0.137. The first-order valence-corrected chi connectivity index (χ1v) is 11.7. The maximum atomic E-state index is 13.2. The van der Waals surface area contributed by atoms with Crippen LogP contribution in [0.25, 0.3) is 11.4 Å². The van der Waals surface area contributed by atoms with Crippen LogP contribution in [0.15, 0.2) is 48.8 Å². The van der Waals surface area contributed by atoms with Gasteiger partial charge in [-0.3, -0.25) is 4.79 Å². The van der Waals surface area contributed by atoms with Gasteiger partial charge in [0.15, 0.2) is 5.82 Å². The topological polar surface area (TPSA) is 71.0 Å². The molecule has 0 radical (unpaired) electrons. The minimum Gasteiger partial charge on any atom is -0.363 e. The summed E-state index contributed by atoms with van der Waals surface area (Å²) in [5.74, 6) is 0.890. The van der Waals surface area contributed by atoms with Gasteiger partial charge in [-0.1, -0.05) is 12.1 Å². The second-order valence-electron chi connectivity index (χ2n) is 9.46. The summed E-state index contributed by atoms with van der Waals surface area (Å²) in [6.07, 6.45) is 1.51. The molecule has 1 spiro atoms. The van der Waals surface area contributed by atoms with E-state index in [2.05, 4.69) is 21.4 Å². The average Bonchev–Trinajstić information content (AvgIpc) is 3.26. The van der Waals surface area contributed by atoms with Crippen molar-refractivity contribution in [2.75, 3.05) is 18.4 Å². The predicted octanol–water partition coefficient (Wildman–Crippen LogP) is 5.00. The van der Waals surface area contributed by atoms with Crippen LogP contribution >= 0.6 is 0 Å². The molecule has 5 rings (SSSR count). The van der Waals surface area contributed by atoms with Gasteiger partial charge < -0.3 is 10.2 Å². The van der Waals surface area contributed by atoms with Crippen molar-refractivity contribution in [1.29, 1.82) is 0 Å². The molecule has 4 heterocycles. The van der Waals surface area contributed by atoms with Crippen LogP contribution in [0.5, 0.6) is 0 Å². The fourth-order valence-electron chi connectivity index (χ4n) is 5.04. The predicted molar refractivity (Wildman–Crippen MR) is 126 cm³/mol. The number of anilines is 1. The van der Waals surface area contributed by atoms with Crippen LogP contribution in [0.1, 0.15) is 48.1 Å². The van der Waals surface area contributed by atoms with Crippen molar-refractivity contribution >= 4 is 11.7 Å². The Morgan fingerprint density at radius 1 is 1.14 bits per heavy atom. The molecule has 2 aliphatic heterocycles. The zero-order chi connectivity index (χ0) is 24.8. The quantitative estimate of drug-likeness (QED) is 0.570. The number of carbonyl (C=O) groups excluding carboxylic acids is 1. The second kappa shape index (κ2) is 8.62. The first-order valence-electron chi connectivity index (χ1n) is 11.7. The Hall–Kier alpha value is -3.49.